The number of thiazole rings is 1. The fourth-order valence-electron chi connectivity index (χ4n) is 2.69. The van der Waals surface area contributed by atoms with E-state index < -0.39 is 10.0 Å². The normalized spacial score (nSPS) is 12.4. The van der Waals surface area contributed by atoms with Gasteiger partial charge in [-0.05, 0) is 49.7 Å². The maximum absolute atomic E-state index is 12.7. The van der Waals surface area contributed by atoms with Crippen LogP contribution in [0.5, 0.6) is 0 Å². The predicted molar refractivity (Wildman–Crippen MR) is 121 cm³/mol. The summed E-state index contributed by atoms with van der Waals surface area (Å²) in [7, 11) is -3.90. The van der Waals surface area contributed by atoms with Gasteiger partial charge in [0.05, 0.1) is 21.0 Å². The van der Waals surface area contributed by atoms with Gasteiger partial charge in [0, 0.05) is 22.3 Å². The highest BCUT2D eigenvalue weighted by molar-refractivity contribution is 7.92. The number of carbonyl (C=O) groups is 1. The number of anilines is 1. The molecule has 0 fully saturated rings. The Kier molecular flexibility index (Phi) is 7.02. The third-order valence-corrected chi connectivity index (χ3v) is 7.42. The molecule has 0 aliphatic carbocycles. The minimum atomic E-state index is -3.90. The van der Waals surface area contributed by atoms with Gasteiger partial charge in [-0.1, -0.05) is 36.2 Å². The number of aryl methyl sites for hydroxylation is 1. The number of aromatic nitrogens is 1. The van der Waals surface area contributed by atoms with Gasteiger partial charge in [-0.3, -0.25) is 9.52 Å². The van der Waals surface area contributed by atoms with Gasteiger partial charge < -0.3 is 5.32 Å². The summed E-state index contributed by atoms with van der Waals surface area (Å²) in [4.78, 5) is 17.1. The highest BCUT2D eigenvalue weighted by atomic mass is 35.5. The van der Waals surface area contributed by atoms with Gasteiger partial charge in [-0.15, -0.1) is 11.3 Å². The van der Waals surface area contributed by atoms with Crippen LogP contribution in [0.15, 0.2) is 52.7 Å². The van der Waals surface area contributed by atoms with E-state index in [1.165, 1.54) is 35.6 Å². The quantitative estimate of drug-likeness (QED) is 0.468. The van der Waals surface area contributed by atoms with Crippen molar-refractivity contribution >= 4 is 56.2 Å². The molecule has 10 heteroatoms. The van der Waals surface area contributed by atoms with Gasteiger partial charge in [-0.2, -0.15) is 0 Å². The van der Waals surface area contributed by atoms with Crippen LogP contribution in [0, 0.1) is 6.92 Å². The van der Waals surface area contributed by atoms with E-state index in [0.29, 0.717) is 12.0 Å². The van der Waals surface area contributed by atoms with E-state index in [1.54, 1.807) is 18.2 Å². The average Bonchev–Trinajstić information content (AvgIpc) is 3.14. The lowest BCUT2D eigenvalue weighted by Crippen LogP contribution is -2.28. The van der Waals surface area contributed by atoms with Crippen LogP contribution in [0.25, 0.3) is 0 Å². The maximum Gasteiger partial charge on any atom is 0.261 e. The molecule has 3 aromatic rings. The van der Waals surface area contributed by atoms with E-state index in [-0.39, 0.29) is 32.6 Å². The Morgan fingerprint density at radius 2 is 1.93 bits per heavy atom. The molecule has 1 amide bonds. The topological polar surface area (TPSA) is 88.2 Å². The third kappa shape index (κ3) is 5.31. The summed E-state index contributed by atoms with van der Waals surface area (Å²) in [6, 6.07) is 10.1. The fourth-order valence-corrected chi connectivity index (χ4v) is 5.06. The molecule has 3 rings (SSSR count). The summed E-state index contributed by atoms with van der Waals surface area (Å²) in [5, 5.41) is 6.11. The minimum Gasteiger partial charge on any atom is -0.343 e. The van der Waals surface area contributed by atoms with Crippen LogP contribution in [0.2, 0.25) is 10.0 Å². The molecule has 1 unspecified atom stereocenters. The van der Waals surface area contributed by atoms with E-state index in [0.717, 1.165) is 10.7 Å². The molecule has 0 radical (unpaired) electrons. The molecule has 0 aliphatic rings. The number of amides is 1. The van der Waals surface area contributed by atoms with Crippen LogP contribution in [-0.4, -0.2) is 19.3 Å². The SMILES string of the molecule is CCC(NC(=O)c1cccc(NS(=O)(=O)c2ccc(Cl)c(Cl)c2)c1)c1nc(C)cs1. The van der Waals surface area contributed by atoms with Crippen molar-refractivity contribution in [2.75, 3.05) is 4.72 Å². The first kappa shape index (κ1) is 22.6. The van der Waals surface area contributed by atoms with Crippen molar-refractivity contribution in [2.45, 2.75) is 31.2 Å². The smallest absolute Gasteiger partial charge is 0.261 e. The maximum atomic E-state index is 12.7. The van der Waals surface area contributed by atoms with E-state index in [9.17, 15) is 13.2 Å². The number of halogens is 2. The van der Waals surface area contributed by atoms with Gasteiger partial charge in [0.15, 0.2) is 0 Å². The van der Waals surface area contributed by atoms with Crippen molar-refractivity contribution in [1.82, 2.24) is 10.3 Å². The molecule has 0 saturated carbocycles. The largest absolute Gasteiger partial charge is 0.343 e. The molecule has 30 heavy (non-hydrogen) atoms. The van der Waals surface area contributed by atoms with Crippen molar-refractivity contribution in [3.05, 3.63) is 74.2 Å². The fraction of sp³-hybridized carbons (Fsp3) is 0.200. The molecule has 1 aromatic heterocycles. The second kappa shape index (κ2) is 9.34. The Morgan fingerprint density at radius 1 is 1.17 bits per heavy atom. The number of carbonyl (C=O) groups excluding carboxylic acids is 1. The lowest BCUT2D eigenvalue weighted by Gasteiger charge is -2.15. The van der Waals surface area contributed by atoms with Crippen LogP contribution in [0.4, 0.5) is 5.69 Å². The van der Waals surface area contributed by atoms with Gasteiger partial charge in [0.1, 0.15) is 5.01 Å². The predicted octanol–water partition coefficient (Wildman–Crippen LogP) is 5.44. The van der Waals surface area contributed by atoms with Gasteiger partial charge in [0.2, 0.25) is 0 Å². The number of benzene rings is 2. The molecule has 1 atom stereocenters. The molecular weight excluding hydrogens is 465 g/mol. The highest BCUT2D eigenvalue weighted by Gasteiger charge is 2.19. The molecule has 0 spiro atoms. The summed E-state index contributed by atoms with van der Waals surface area (Å²) in [6.45, 7) is 3.86. The minimum absolute atomic E-state index is 0.0306. The molecule has 158 valence electrons. The molecular formula is C20H19Cl2N3O3S2. The lowest BCUT2D eigenvalue weighted by atomic mass is 10.1. The Balaban J connectivity index is 1.78. The lowest BCUT2D eigenvalue weighted by molar-refractivity contribution is 0.0935. The second-order valence-corrected chi connectivity index (χ2v) is 9.91. The zero-order valence-corrected chi connectivity index (χ0v) is 19.3. The van der Waals surface area contributed by atoms with E-state index in [1.807, 2.05) is 19.2 Å². The Labute approximate surface area is 189 Å². The molecule has 2 N–H and O–H groups in total. The van der Waals surface area contributed by atoms with Crippen molar-refractivity contribution in [3.63, 3.8) is 0 Å². The first-order chi connectivity index (χ1) is 14.2. The first-order valence-corrected chi connectivity index (χ1v) is 12.1. The number of hydrogen-bond acceptors (Lipinski definition) is 5. The first-order valence-electron chi connectivity index (χ1n) is 9.00. The number of nitrogens with one attached hydrogen (secondary N) is 2. The second-order valence-electron chi connectivity index (χ2n) is 6.52. The monoisotopic (exact) mass is 483 g/mol. The molecule has 0 bridgehead atoms. The summed E-state index contributed by atoms with van der Waals surface area (Å²) >= 11 is 13.3. The number of hydrogen-bond donors (Lipinski definition) is 2. The Hall–Kier alpha value is -2.13. The van der Waals surface area contributed by atoms with Gasteiger partial charge in [-0.25, -0.2) is 13.4 Å². The van der Waals surface area contributed by atoms with Crippen LogP contribution < -0.4 is 10.0 Å². The van der Waals surface area contributed by atoms with E-state index in [4.69, 9.17) is 23.2 Å². The number of sulfonamides is 1. The molecule has 0 aliphatic heterocycles. The molecule has 2 aromatic carbocycles. The van der Waals surface area contributed by atoms with Crippen molar-refractivity contribution < 1.29 is 13.2 Å². The van der Waals surface area contributed by atoms with Crippen molar-refractivity contribution in [3.8, 4) is 0 Å². The summed E-state index contributed by atoms with van der Waals surface area (Å²) in [5.74, 6) is -0.315. The summed E-state index contributed by atoms with van der Waals surface area (Å²) in [6.07, 6.45) is 0.683. The van der Waals surface area contributed by atoms with Crippen LogP contribution >= 0.6 is 34.5 Å². The standard InChI is InChI=1S/C20H19Cl2N3O3S2/c1-3-18(20-23-12(2)11-29-20)24-19(26)13-5-4-6-14(9-13)25-30(27,28)15-7-8-16(21)17(22)10-15/h4-11,18,25H,3H2,1-2H3,(H,24,26). The van der Waals surface area contributed by atoms with Crippen LogP contribution in [0.1, 0.15) is 40.4 Å². The van der Waals surface area contributed by atoms with Crippen molar-refractivity contribution in [2.24, 2.45) is 0 Å². The molecule has 1 heterocycles. The van der Waals surface area contributed by atoms with Gasteiger partial charge >= 0.3 is 0 Å². The van der Waals surface area contributed by atoms with Gasteiger partial charge in [0.25, 0.3) is 15.9 Å². The summed E-state index contributed by atoms with van der Waals surface area (Å²) in [5.41, 5.74) is 1.49. The Morgan fingerprint density at radius 3 is 2.57 bits per heavy atom. The van der Waals surface area contributed by atoms with E-state index in [2.05, 4.69) is 15.0 Å². The number of rotatable bonds is 7. The van der Waals surface area contributed by atoms with E-state index >= 15 is 0 Å². The zero-order valence-electron chi connectivity index (χ0n) is 16.1. The zero-order chi connectivity index (χ0) is 21.9. The molecule has 0 saturated heterocycles. The van der Waals surface area contributed by atoms with Crippen molar-refractivity contribution in [1.29, 1.82) is 0 Å². The van der Waals surface area contributed by atoms with Crippen LogP contribution in [-0.2, 0) is 10.0 Å². The average molecular weight is 484 g/mol. The molecule has 6 nitrogen and oxygen atoms in total. The van der Waals surface area contributed by atoms with Crippen LogP contribution in [0.3, 0.4) is 0 Å². The number of nitrogens with zero attached hydrogens (tertiary/aromatic N) is 1. The Bertz CT molecular complexity index is 1180. The highest BCUT2D eigenvalue weighted by Crippen LogP contribution is 2.26. The third-order valence-electron chi connectivity index (χ3n) is 4.23. The summed E-state index contributed by atoms with van der Waals surface area (Å²) < 4.78 is 27.7.